The highest BCUT2D eigenvalue weighted by molar-refractivity contribution is 5.12. The minimum atomic E-state index is 0.117. The Morgan fingerprint density at radius 2 is 2.25 bits per heavy atom. The zero-order chi connectivity index (χ0) is 14.1. The molecule has 0 unspecified atom stereocenters. The van der Waals surface area contributed by atoms with Crippen molar-refractivity contribution < 1.29 is 9.37 Å². The van der Waals surface area contributed by atoms with Gasteiger partial charge in [-0.05, 0) is 6.92 Å². The zero-order valence-electron chi connectivity index (χ0n) is 11.9. The van der Waals surface area contributed by atoms with Gasteiger partial charge in [0.2, 0.25) is 0 Å². The summed E-state index contributed by atoms with van der Waals surface area (Å²) in [5, 5.41) is 15.9. The van der Waals surface area contributed by atoms with Gasteiger partial charge in [-0.25, -0.2) is 4.63 Å². The Morgan fingerprint density at radius 3 is 2.85 bits per heavy atom. The van der Waals surface area contributed by atoms with Gasteiger partial charge in [0.15, 0.2) is 0 Å². The molecule has 1 saturated heterocycles. The fourth-order valence-electron chi connectivity index (χ4n) is 2.64. The Balaban J connectivity index is 1.73. The lowest BCUT2D eigenvalue weighted by atomic mass is 10.0. The summed E-state index contributed by atoms with van der Waals surface area (Å²) < 4.78 is 12.0. The maximum absolute atomic E-state index is 5.59. The van der Waals surface area contributed by atoms with E-state index in [1.807, 2.05) is 20.2 Å². The molecule has 2 atom stereocenters. The Morgan fingerprint density at radius 1 is 1.40 bits per heavy atom. The molecule has 8 nitrogen and oxygen atoms in total. The minimum absolute atomic E-state index is 0.117. The summed E-state index contributed by atoms with van der Waals surface area (Å²) in [6, 6.07) is 0. The van der Waals surface area contributed by atoms with Crippen molar-refractivity contribution in [2.24, 2.45) is 7.05 Å². The summed E-state index contributed by atoms with van der Waals surface area (Å²) in [6.45, 7) is 4.31. The molecule has 0 spiro atoms. The van der Waals surface area contributed by atoms with Crippen LogP contribution in [0.5, 0.6) is 0 Å². The standard InChI is InChI=1S/C12H18N6O2/c1-8-10(15-20-14-8)6-18-4-9(12(7-18)19-3)11-5-17(2)16-13-11/h5,9,12H,4,6-7H2,1-3H3/t9-,12+/m0/s1. The second kappa shape index (κ2) is 5.29. The van der Waals surface area contributed by atoms with Crippen molar-refractivity contribution in [2.75, 3.05) is 20.2 Å². The first-order valence-corrected chi connectivity index (χ1v) is 6.56. The first kappa shape index (κ1) is 13.2. The third-order valence-corrected chi connectivity index (χ3v) is 3.76. The lowest BCUT2D eigenvalue weighted by molar-refractivity contribution is 0.0955. The SMILES string of the molecule is CO[C@@H]1CN(Cc2nonc2C)C[C@H]1c1cn(C)nn1. The smallest absolute Gasteiger partial charge is 0.122 e. The van der Waals surface area contributed by atoms with Gasteiger partial charge in [0.05, 0.1) is 11.8 Å². The molecule has 3 heterocycles. The van der Waals surface area contributed by atoms with E-state index in [-0.39, 0.29) is 12.0 Å². The van der Waals surface area contributed by atoms with Crippen LogP contribution in [0.4, 0.5) is 0 Å². The van der Waals surface area contributed by atoms with Crippen LogP contribution in [0.3, 0.4) is 0 Å². The van der Waals surface area contributed by atoms with Crippen LogP contribution in [0.15, 0.2) is 10.8 Å². The highest BCUT2D eigenvalue weighted by atomic mass is 16.6. The number of methoxy groups -OCH3 is 1. The molecule has 1 aliphatic heterocycles. The van der Waals surface area contributed by atoms with Crippen molar-refractivity contribution in [1.82, 2.24) is 30.2 Å². The van der Waals surface area contributed by atoms with Crippen LogP contribution in [0.2, 0.25) is 0 Å². The van der Waals surface area contributed by atoms with Crippen LogP contribution in [-0.2, 0) is 18.3 Å². The molecule has 0 radical (unpaired) electrons. The quantitative estimate of drug-likeness (QED) is 0.785. The minimum Gasteiger partial charge on any atom is -0.379 e. The normalized spacial score (nSPS) is 23.6. The maximum Gasteiger partial charge on any atom is 0.122 e. The fraction of sp³-hybridized carbons (Fsp3) is 0.667. The molecule has 0 amide bonds. The average molecular weight is 278 g/mol. The van der Waals surface area contributed by atoms with Crippen molar-refractivity contribution in [2.45, 2.75) is 25.5 Å². The van der Waals surface area contributed by atoms with Gasteiger partial charge >= 0.3 is 0 Å². The van der Waals surface area contributed by atoms with Crippen LogP contribution in [-0.4, -0.2) is 56.5 Å². The van der Waals surface area contributed by atoms with E-state index in [1.165, 1.54) is 0 Å². The molecule has 1 fully saturated rings. The fourth-order valence-corrected chi connectivity index (χ4v) is 2.64. The molecular formula is C12H18N6O2. The summed E-state index contributed by atoms with van der Waals surface area (Å²) in [7, 11) is 3.61. The molecule has 108 valence electrons. The Hall–Kier alpha value is -1.80. The van der Waals surface area contributed by atoms with Crippen LogP contribution in [0.25, 0.3) is 0 Å². The van der Waals surface area contributed by atoms with Gasteiger partial charge in [-0.15, -0.1) is 5.10 Å². The predicted octanol–water partition coefficient (Wildman–Crippen LogP) is 0.121. The molecule has 2 aromatic rings. The molecule has 1 aliphatic rings. The zero-order valence-corrected chi connectivity index (χ0v) is 11.9. The van der Waals surface area contributed by atoms with E-state index in [1.54, 1.807) is 11.8 Å². The van der Waals surface area contributed by atoms with Gasteiger partial charge in [-0.3, -0.25) is 9.58 Å². The van der Waals surface area contributed by atoms with E-state index < -0.39 is 0 Å². The first-order valence-electron chi connectivity index (χ1n) is 6.56. The van der Waals surface area contributed by atoms with Gasteiger partial charge < -0.3 is 4.74 Å². The average Bonchev–Trinajstić information content (AvgIpc) is 3.11. The number of nitrogens with zero attached hydrogens (tertiary/aromatic N) is 6. The monoisotopic (exact) mass is 278 g/mol. The third-order valence-electron chi connectivity index (χ3n) is 3.76. The number of hydrogen-bond acceptors (Lipinski definition) is 7. The van der Waals surface area contributed by atoms with E-state index in [4.69, 9.17) is 9.37 Å². The van der Waals surface area contributed by atoms with E-state index in [2.05, 4.69) is 25.5 Å². The van der Waals surface area contributed by atoms with Gasteiger partial charge in [0.25, 0.3) is 0 Å². The van der Waals surface area contributed by atoms with E-state index in [0.717, 1.165) is 30.2 Å². The molecule has 8 heteroatoms. The number of rotatable bonds is 4. The second-order valence-electron chi connectivity index (χ2n) is 5.19. The summed E-state index contributed by atoms with van der Waals surface area (Å²) in [6.07, 6.45) is 2.06. The van der Waals surface area contributed by atoms with E-state index >= 15 is 0 Å². The van der Waals surface area contributed by atoms with Gasteiger partial charge in [0.1, 0.15) is 11.4 Å². The first-order chi connectivity index (χ1) is 9.67. The highest BCUT2D eigenvalue weighted by Gasteiger charge is 2.36. The van der Waals surface area contributed by atoms with Crippen LogP contribution in [0.1, 0.15) is 23.0 Å². The number of aryl methyl sites for hydroxylation is 2. The van der Waals surface area contributed by atoms with Gasteiger partial charge in [0, 0.05) is 45.9 Å². The van der Waals surface area contributed by atoms with Crippen LogP contribution >= 0.6 is 0 Å². The lowest BCUT2D eigenvalue weighted by Gasteiger charge is -2.13. The Bertz CT molecular complexity index is 580. The molecule has 0 N–H and O–H groups in total. The number of likely N-dealkylation sites (tertiary alicyclic amines) is 1. The highest BCUT2D eigenvalue weighted by Crippen LogP contribution is 2.29. The summed E-state index contributed by atoms with van der Waals surface area (Å²) in [5.41, 5.74) is 2.68. The van der Waals surface area contributed by atoms with Crippen molar-refractivity contribution in [1.29, 1.82) is 0 Å². The number of ether oxygens (including phenoxy) is 1. The number of aromatic nitrogens is 5. The topological polar surface area (TPSA) is 82.1 Å². The molecule has 0 bridgehead atoms. The predicted molar refractivity (Wildman–Crippen MR) is 68.9 cm³/mol. The molecule has 0 saturated carbocycles. The molecular weight excluding hydrogens is 260 g/mol. The van der Waals surface area contributed by atoms with Crippen molar-refractivity contribution in [3.8, 4) is 0 Å². The molecule has 3 rings (SSSR count). The maximum atomic E-state index is 5.59. The molecule has 2 aromatic heterocycles. The van der Waals surface area contributed by atoms with Crippen molar-refractivity contribution in [3.63, 3.8) is 0 Å². The molecule has 0 aromatic carbocycles. The molecule has 20 heavy (non-hydrogen) atoms. The van der Waals surface area contributed by atoms with Gasteiger partial charge in [-0.2, -0.15) is 0 Å². The van der Waals surface area contributed by atoms with Gasteiger partial charge in [-0.1, -0.05) is 15.5 Å². The third kappa shape index (κ3) is 2.44. The lowest BCUT2D eigenvalue weighted by Crippen LogP contribution is -2.23. The Kier molecular flexibility index (Phi) is 3.49. The van der Waals surface area contributed by atoms with E-state index in [9.17, 15) is 0 Å². The largest absolute Gasteiger partial charge is 0.379 e. The summed E-state index contributed by atoms with van der Waals surface area (Å²) in [4.78, 5) is 2.28. The van der Waals surface area contributed by atoms with Crippen molar-refractivity contribution in [3.05, 3.63) is 23.3 Å². The molecule has 0 aliphatic carbocycles. The Labute approximate surface area is 116 Å². The van der Waals surface area contributed by atoms with Crippen LogP contribution < -0.4 is 0 Å². The number of hydrogen-bond donors (Lipinski definition) is 0. The summed E-state index contributed by atoms with van der Waals surface area (Å²) in [5.74, 6) is 0.230. The van der Waals surface area contributed by atoms with E-state index in [0.29, 0.717) is 6.54 Å². The second-order valence-corrected chi connectivity index (χ2v) is 5.19. The van der Waals surface area contributed by atoms with Crippen molar-refractivity contribution >= 4 is 0 Å². The van der Waals surface area contributed by atoms with Crippen LogP contribution in [0, 0.1) is 6.92 Å². The summed E-state index contributed by atoms with van der Waals surface area (Å²) >= 11 is 0.